The van der Waals surface area contributed by atoms with Crippen LogP contribution in [0.5, 0.6) is 0 Å². The van der Waals surface area contributed by atoms with E-state index in [9.17, 15) is 0 Å². The lowest BCUT2D eigenvalue weighted by Gasteiger charge is -2.08. The highest BCUT2D eigenvalue weighted by Gasteiger charge is 2.16. The molecule has 0 bridgehead atoms. The van der Waals surface area contributed by atoms with E-state index in [1.165, 1.54) is 0 Å². The molecule has 4 rings (SSSR count). The number of aromatic nitrogens is 4. The SMILES string of the molecule is c1cc2cc(-c3cnn(CC4CCCO4)c3)cnc2[nH]1. The third-order valence-electron chi connectivity index (χ3n) is 3.78. The van der Waals surface area contributed by atoms with Gasteiger partial charge in [0.15, 0.2) is 0 Å². The number of nitrogens with one attached hydrogen (secondary N) is 1. The van der Waals surface area contributed by atoms with E-state index in [0.717, 1.165) is 48.2 Å². The Balaban J connectivity index is 1.59. The lowest BCUT2D eigenvalue weighted by molar-refractivity contribution is 0.0940. The predicted octanol–water partition coefficient (Wildman–Crippen LogP) is 2.61. The van der Waals surface area contributed by atoms with Gasteiger partial charge in [0.2, 0.25) is 0 Å². The van der Waals surface area contributed by atoms with E-state index in [2.05, 4.69) is 27.3 Å². The van der Waals surface area contributed by atoms with Crippen molar-refractivity contribution in [3.8, 4) is 11.1 Å². The number of hydrogen-bond donors (Lipinski definition) is 1. The van der Waals surface area contributed by atoms with Crippen LogP contribution in [-0.2, 0) is 11.3 Å². The zero-order valence-corrected chi connectivity index (χ0v) is 11.1. The molecule has 3 aromatic heterocycles. The largest absolute Gasteiger partial charge is 0.376 e. The van der Waals surface area contributed by atoms with Crippen LogP contribution in [0.3, 0.4) is 0 Å². The fraction of sp³-hybridized carbons (Fsp3) is 0.333. The number of nitrogens with zero attached hydrogens (tertiary/aromatic N) is 3. The number of rotatable bonds is 3. The van der Waals surface area contributed by atoms with Crippen LogP contribution in [-0.4, -0.2) is 32.5 Å². The van der Waals surface area contributed by atoms with Gasteiger partial charge in [0.25, 0.3) is 0 Å². The minimum absolute atomic E-state index is 0.313. The summed E-state index contributed by atoms with van der Waals surface area (Å²) in [4.78, 5) is 7.52. The van der Waals surface area contributed by atoms with E-state index in [0.29, 0.717) is 6.10 Å². The van der Waals surface area contributed by atoms with Crippen molar-refractivity contribution in [2.45, 2.75) is 25.5 Å². The maximum atomic E-state index is 5.64. The second kappa shape index (κ2) is 4.76. The van der Waals surface area contributed by atoms with Crippen LogP contribution >= 0.6 is 0 Å². The van der Waals surface area contributed by atoms with E-state index >= 15 is 0 Å². The topological polar surface area (TPSA) is 55.7 Å². The molecule has 0 saturated carbocycles. The molecular formula is C15H16N4O. The Morgan fingerprint density at radius 1 is 1.35 bits per heavy atom. The molecule has 1 N–H and O–H groups in total. The highest BCUT2D eigenvalue weighted by molar-refractivity contribution is 5.80. The van der Waals surface area contributed by atoms with Crippen LogP contribution in [0.2, 0.25) is 0 Å². The lowest BCUT2D eigenvalue weighted by atomic mass is 10.1. The third-order valence-corrected chi connectivity index (χ3v) is 3.78. The Labute approximate surface area is 116 Å². The van der Waals surface area contributed by atoms with Crippen molar-refractivity contribution in [1.82, 2.24) is 19.7 Å². The molecule has 1 atom stereocenters. The highest BCUT2D eigenvalue weighted by Crippen LogP contribution is 2.22. The van der Waals surface area contributed by atoms with Gasteiger partial charge in [-0.3, -0.25) is 4.68 Å². The maximum absolute atomic E-state index is 5.64. The Morgan fingerprint density at radius 2 is 2.35 bits per heavy atom. The number of aromatic amines is 1. The van der Waals surface area contributed by atoms with Crippen molar-refractivity contribution >= 4 is 11.0 Å². The van der Waals surface area contributed by atoms with Crippen LogP contribution in [0.25, 0.3) is 22.2 Å². The van der Waals surface area contributed by atoms with Crippen molar-refractivity contribution in [3.05, 3.63) is 36.9 Å². The number of hydrogen-bond acceptors (Lipinski definition) is 3. The molecule has 1 fully saturated rings. The van der Waals surface area contributed by atoms with Gasteiger partial charge < -0.3 is 9.72 Å². The van der Waals surface area contributed by atoms with Gasteiger partial charge >= 0.3 is 0 Å². The van der Waals surface area contributed by atoms with Gasteiger partial charge in [-0.1, -0.05) is 0 Å². The fourth-order valence-electron chi connectivity index (χ4n) is 2.71. The quantitative estimate of drug-likeness (QED) is 0.794. The molecule has 20 heavy (non-hydrogen) atoms. The summed E-state index contributed by atoms with van der Waals surface area (Å²) in [6, 6.07) is 4.16. The molecule has 1 aliphatic heterocycles. The number of ether oxygens (including phenoxy) is 1. The monoisotopic (exact) mass is 268 g/mol. The van der Waals surface area contributed by atoms with Crippen molar-refractivity contribution < 1.29 is 4.74 Å². The first-order chi connectivity index (χ1) is 9.88. The summed E-state index contributed by atoms with van der Waals surface area (Å²) in [5, 5.41) is 5.54. The van der Waals surface area contributed by atoms with Gasteiger partial charge in [-0.05, 0) is 25.0 Å². The smallest absolute Gasteiger partial charge is 0.137 e. The summed E-state index contributed by atoms with van der Waals surface area (Å²) in [7, 11) is 0. The summed E-state index contributed by atoms with van der Waals surface area (Å²) in [6.07, 6.45) is 10.3. The molecule has 1 aliphatic rings. The molecule has 0 aliphatic carbocycles. The molecular weight excluding hydrogens is 252 g/mol. The summed E-state index contributed by atoms with van der Waals surface area (Å²) in [5.74, 6) is 0. The molecule has 1 saturated heterocycles. The van der Waals surface area contributed by atoms with E-state index in [4.69, 9.17) is 4.74 Å². The van der Waals surface area contributed by atoms with Crippen LogP contribution < -0.4 is 0 Å². The number of fused-ring (bicyclic) bond motifs is 1. The average molecular weight is 268 g/mol. The zero-order valence-electron chi connectivity index (χ0n) is 11.1. The molecule has 0 spiro atoms. The molecule has 4 heterocycles. The molecule has 1 unspecified atom stereocenters. The number of pyridine rings is 1. The van der Waals surface area contributed by atoms with Crippen LogP contribution in [0, 0.1) is 0 Å². The summed E-state index contributed by atoms with van der Waals surface area (Å²) < 4.78 is 7.61. The molecule has 0 radical (unpaired) electrons. The minimum atomic E-state index is 0.313. The van der Waals surface area contributed by atoms with Gasteiger partial charge in [0.05, 0.1) is 18.8 Å². The van der Waals surface area contributed by atoms with Crippen molar-refractivity contribution in [3.63, 3.8) is 0 Å². The van der Waals surface area contributed by atoms with Gasteiger partial charge in [-0.15, -0.1) is 0 Å². The Kier molecular flexibility index (Phi) is 2.77. The Bertz CT molecular complexity index is 724. The minimum Gasteiger partial charge on any atom is -0.376 e. The molecule has 5 heteroatoms. The Hall–Kier alpha value is -2.14. The first-order valence-electron chi connectivity index (χ1n) is 6.96. The molecule has 102 valence electrons. The normalized spacial score (nSPS) is 18.9. The van der Waals surface area contributed by atoms with Crippen molar-refractivity contribution in [2.75, 3.05) is 6.61 Å². The second-order valence-electron chi connectivity index (χ2n) is 5.23. The van der Waals surface area contributed by atoms with Crippen LogP contribution in [0.4, 0.5) is 0 Å². The van der Waals surface area contributed by atoms with Gasteiger partial charge in [-0.25, -0.2) is 4.98 Å². The average Bonchev–Trinajstić information content (AvgIpc) is 3.19. The number of H-pyrrole nitrogens is 1. The Morgan fingerprint density at radius 3 is 3.25 bits per heavy atom. The highest BCUT2D eigenvalue weighted by atomic mass is 16.5. The van der Waals surface area contributed by atoms with Crippen molar-refractivity contribution in [2.24, 2.45) is 0 Å². The van der Waals surface area contributed by atoms with Crippen LogP contribution in [0.1, 0.15) is 12.8 Å². The summed E-state index contributed by atoms with van der Waals surface area (Å²) in [5.41, 5.74) is 3.11. The van der Waals surface area contributed by atoms with E-state index in [-0.39, 0.29) is 0 Å². The maximum Gasteiger partial charge on any atom is 0.137 e. The van der Waals surface area contributed by atoms with Gasteiger partial charge in [0, 0.05) is 41.7 Å². The molecule has 0 aromatic carbocycles. The summed E-state index contributed by atoms with van der Waals surface area (Å²) >= 11 is 0. The first-order valence-corrected chi connectivity index (χ1v) is 6.96. The first kappa shape index (κ1) is 11.7. The van der Waals surface area contributed by atoms with E-state index in [1.807, 2.05) is 29.3 Å². The molecule has 3 aromatic rings. The van der Waals surface area contributed by atoms with E-state index in [1.54, 1.807) is 0 Å². The third kappa shape index (κ3) is 2.10. The zero-order chi connectivity index (χ0) is 13.4. The van der Waals surface area contributed by atoms with E-state index < -0.39 is 0 Å². The second-order valence-corrected chi connectivity index (χ2v) is 5.23. The summed E-state index contributed by atoms with van der Waals surface area (Å²) in [6.45, 7) is 1.71. The molecule has 5 nitrogen and oxygen atoms in total. The van der Waals surface area contributed by atoms with Gasteiger partial charge in [-0.2, -0.15) is 5.10 Å². The van der Waals surface area contributed by atoms with Crippen molar-refractivity contribution in [1.29, 1.82) is 0 Å². The standard InChI is InChI=1S/C15H16N4O/c1-2-14(20-5-1)10-19-9-13(8-18-19)12-6-11-3-4-16-15(11)17-7-12/h3-4,6-9,14H,1-2,5,10H2,(H,16,17). The molecule has 0 amide bonds. The predicted molar refractivity (Wildman–Crippen MR) is 76.3 cm³/mol. The van der Waals surface area contributed by atoms with Gasteiger partial charge in [0.1, 0.15) is 5.65 Å². The van der Waals surface area contributed by atoms with Crippen LogP contribution in [0.15, 0.2) is 36.9 Å². The fourth-order valence-corrected chi connectivity index (χ4v) is 2.71. The lowest BCUT2D eigenvalue weighted by Crippen LogP contribution is -2.14.